The van der Waals surface area contributed by atoms with Crippen molar-refractivity contribution >= 4 is 5.91 Å². The monoisotopic (exact) mass is 279 g/mol. The number of carbonyl (C=O) groups is 1. The molecule has 1 amide bonds. The van der Waals surface area contributed by atoms with E-state index in [0.29, 0.717) is 19.6 Å². The molecule has 2 rings (SSSR count). The van der Waals surface area contributed by atoms with E-state index >= 15 is 0 Å². The number of benzene rings is 1. The molecule has 1 aliphatic rings. The molecular formula is C15H21NO4. The Kier molecular flexibility index (Phi) is 4.62. The van der Waals surface area contributed by atoms with Crippen LogP contribution in [0.4, 0.5) is 0 Å². The van der Waals surface area contributed by atoms with E-state index in [1.54, 1.807) is 7.11 Å². The predicted molar refractivity (Wildman–Crippen MR) is 74.6 cm³/mol. The van der Waals surface area contributed by atoms with Gasteiger partial charge in [-0.25, -0.2) is 0 Å². The number of hydrogen-bond acceptors (Lipinski definition) is 4. The van der Waals surface area contributed by atoms with Gasteiger partial charge in [0.25, 0.3) is 0 Å². The molecule has 0 aliphatic carbocycles. The maximum absolute atomic E-state index is 11.9. The van der Waals surface area contributed by atoms with E-state index in [4.69, 9.17) is 14.2 Å². The van der Waals surface area contributed by atoms with Gasteiger partial charge in [0.1, 0.15) is 11.9 Å². The van der Waals surface area contributed by atoms with Gasteiger partial charge in [-0.1, -0.05) is 12.1 Å². The third-order valence-electron chi connectivity index (χ3n) is 3.09. The molecule has 1 atom stereocenters. The van der Waals surface area contributed by atoms with Crippen LogP contribution in [0.15, 0.2) is 24.3 Å². The van der Waals surface area contributed by atoms with Crippen LogP contribution >= 0.6 is 0 Å². The highest BCUT2D eigenvalue weighted by atomic mass is 16.7. The number of carbonyl (C=O) groups excluding carboxylic acids is 1. The maximum atomic E-state index is 11.9. The van der Waals surface area contributed by atoms with Gasteiger partial charge in [0.15, 0.2) is 5.79 Å². The highest BCUT2D eigenvalue weighted by Crippen LogP contribution is 2.21. The number of amides is 1. The Balaban J connectivity index is 1.78. The van der Waals surface area contributed by atoms with E-state index in [2.05, 4.69) is 5.32 Å². The highest BCUT2D eigenvalue weighted by molar-refractivity contribution is 5.78. The Morgan fingerprint density at radius 2 is 2.30 bits per heavy atom. The van der Waals surface area contributed by atoms with E-state index < -0.39 is 5.79 Å². The van der Waals surface area contributed by atoms with Crippen LogP contribution in [0.3, 0.4) is 0 Å². The first kappa shape index (κ1) is 14.8. The molecule has 1 aromatic rings. The molecule has 0 bridgehead atoms. The zero-order valence-electron chi connectivity index (χ0n) is 12.1. The Bertz CT molecular complexity index is 473. The van der Waals surface area contributed by atoms with Gasteiger partial charge < -0.3 is 19.5 Å². The maximum Gasteiger partial charge on any atom is 0.224 e. The normalized spacial score (nSPS) is 20.6. The Hall–Kier alpha value is -1.59. The Morgan fingerprint density at radius 3 is 2.95 bits per heavy atom. The van der Waals surface area contributed by atoms with Crippen molar-refractivity contribution in [1.29, 1.82) is 0 Å². The van der Waals surface area contributed by atoms with E-state index in [9.17, 15) is 4.79 Å². The molecule has 1 unspecified atom stereocenters. The second-order valence-electron chi connectivity index (χ2n) is 5.28. The molecule has 1 heterocycles. The molecule has 1 aliphatic heterocycles. The van der Waals surface area contributed by atoms with Gasteiger partial charge in [-0.15, -0.1) is 0 Å². The van der Waals surface area contributed by atoms with Crippen LogP contribution in [-0.2, 0) is 20.7 Å². The summed E-state index contributed by atoms with van der Waals surface area (Å²) in [6, 6.07) is 7.49. The first-order chi connectivity index (χ1) is 9.48. The molecule has 0 saturated carbocycles. The topological polar surface area (TPSA) is 56.8 Å². The minimum Gasteiger partial charge on any atom is -0.497 e. The standard InChI is InChI=1S/C15H21NO4/c1-15(2)19-10-13(20-15)9-16-14(17)8-11-5-4-6-12(7-11)18-3/h4-7,13H,8-10H2,1-3H3,(H,16,17). The summed E-state index contributed by atoms with van der Waals surface area (Å²) in [5, 5.41) is 2.86. The molecule has 1 aromatic carbocycles. The quantitative estimate of drug-likeness (QED) is 0.887. The third-order valence-corrected chi connectivity index (χ3v) is 3.09. The molecule has 1 saturated heterocycles. The van der Waals surface area contributed by atoms with Crippen molar-refractivity contribution in [3.63, 3.8) is 0 Å². The molecule has 20 heavy (non-hydrogen) atoms. The summed E-state index contributed by atoms with van der Waals surface area (Å²) in [7, 11) is 1.61. The van der Waals surface area contributed by atoms with Gasteiger partial charge in [0.2, 0.25) is 5.91 Å². The van der Waals surface area contributed by atoms with E-state index in [1.807, 2.05) is 38.1 Å². The lowest BCUT2D eigenvalue weighted by Crippen LogP contribution is -2.35. The SMILES string of the molecule is COc1cccc(CC(=O)NCC2COC(C)(C)O2)c1. The lowest BCUT2D eigenvalue weighted by atomic mass is 10.1. The fourth-order valence-electron chi connectivity index (χ4n) is 2.12. The smallest absolute Gasteiger partial charge is 0.224 e. The van der Waals surface area contributed by atoms with Gasteiger partial charge in [-0.2, -0.15) is 0 Å². The predicted octanol–water partition coefficient (Wildman–Crippen LogP) is 1.51. The fraction of sp³-hybridized carbons (Fsp3) is 0.533. The second kappa shape index (κ2) is 6.24. The first-order valence-electron chi connectivity index (χ1n) is 6.70. The van der Waals surface area contributed by atoms with Crippen molar-refractivity contribution < 1.29 is 19.0 Å². The van der Waals surface area contributed by atoms with Crippen LogP contribution in [0, 0.1) is 0 Å². The summed E-state index contributed by atoms with van der Waals surface area (Å²) in [5.41, 5.74) is 0.922. The minimum atomic E-state index is -0.553. The van der Waals surface area contributed by atoms with Gasteiger partial charge in [-0.3, -0.25) is 4.79 Å². The molecule has 5 heteroatoms. The van der Waals surface area contributed by atoms with Crippen LogP contribution in [0.5, 0.6) is 5.75 Å². The summed E-state index contributed by atoms with van der Waals surface area (Å²) in [6.45, 7) is 4.70. The fourth-order valence-corrected chi connectivity index (χ4v) is 2.12. The molecule has 0 radical (unpaired) electrons. The van der Waals surface area contributed by atoms with Gasteiger partial charge >= 0.3 is 0 Å². The average Bonchev–Trinajstić information content (AvgIpc) is 2.76. The molecular weight excluding hydrogens is 258 g/mol. The van der Waals surface area contributed by atoms with E-state index in [0.717, 1.165) is 11.3 Å². The number of ether oxygens (including phenoxy) is 3. The summed E-state index contributed by atoms with van der Waals surface area (Å²) >= 11 is 0. The second-order valence-corrected chi connectivity index (χ2v) is 5.28. The zero-order valence-corrected chi connectivity index (χ0v) is 12.1. The van der Waals surface area contributed by atoms with Gasteiger partial charge in [0, 0.05) is 6.54 Å². The van der Waals surface area contributed by atoms with E-state index in [-0.39, 0.29) is 12.0 Å². The van der Waals surface area contributed by atoms with Crippen LogP contribution in [0.1, 0.15) is 19.4 Å². The molecule has 110 valence electrons. The van der Waals surface area contributed by atoms with Crippen molar-refractivity contribution in [2.24, 2.45) is 0 Å². The van der Waals surface area contributed by atoms with Gasteiger partial charge in [0.05, 0.1) is 20.1 Å². The Morgan fingerprint density at radius 1 is 1.50 bits per heavy atom. The van der Waals surface area contributed by atoms with Crippen molar-refractivity contribution in [3.8, 4) is 5.75 Å². The molecule has 1 N–H and O–H groups in total. The molecule has 0 spiro atoms. The summed E-state index contributed by atoms with van der Waals surface area (Å²) in [5.74, 6) is 0.165. The van der Waals surface area contributed by atoms with Crippen molar-refractivity contribution in [3.05, 3.63) is 29.8 Å². The van der Waals surface area contributed by atoms with Crippen molar-refractivity contribution in [2.45, 2.75) is 32.2 Å². The summed E-state index contributed by atoms with van der Waals surface area (Å²) in [4.78, 5) is 11.9. The lowest BCUT2D eigenvalue weighted by molar-refractivity contribution is -0.139. The summed E-state index contributed by atoms with van der Waals surface area (Å²) in [6.07, 6.45) is 0.244. The Labute approximate surface area is 119 Å². The molecule has 1 fully saturated rings. The lowest BCUT2D eigenvalue weighted by Gasteiger charge is -2.17. The van der Waals surface area contributed by atoms with Crippen LogP contribution in [-0.4, -0.2) is 38.1 Å². The zero-order chi connectivity index (χ0) is 14.6. The number of hydrogen-bond donors (Lipinski definition) is 1. The largest absolute Gasteiger partial charge is 0.497 e. The van der Waals surface area contributed by atoms with Crippen LogP contribution < -0.4 is 10.1 Å². The van der Waals surface area contributed by atoms with E-state index in [1.165, 1.54) is 0 Å². The van der Waals surface area contributed by atoms with Gasteiger partial charge in [-0.05, 0) is 31.5 Å². The summed E-state index contributed by atoms with van der Waals surface area (Å²) < 4.78 is 16.2. The minimum absolute atomic E-state index is 0.0356. The van der Waals surface area contributed by atoms with Crippen LogP contribution in [0.2, 0.25) is 0 Å². The molecule has 5 nitrogen and oxygen atoms in total. The highest BCUT2D eigenvalue weighted by Gasteiger charge is 2.32. The molecule has 0 aromatic heterocycles. The number of rotatable bonds is 5. The van der Waals surface area contributed by atoms with Crippen LogP contribution in [0.25, 0.3) is 0 Å². The average molecular weight is 279 g/mol. The van der Waals surface area contributed by atoms with Crippen molar-refractivity contribution in [2.75, 3.05) is 20.3 Å². The third kappa shape index (κ3) is 4.21. The number of methoxy groups -OCH3 is 1. The van der Waals surface area contributed by atoms with Crippen molar-refractivity contribution in [1.82, 2.24) is 5.32 Å². The first-order valence-corrected chi connectivity index (χ1v) is 6.70. The number of nitrogens with one attached hydrogen (secondary N) is 1.